The fourth-order valence-electron chi connectivity index (χ4n) is 5.18. The van der Waals surface area contributed by atoms with Crippen LogP contribution in [0.2, 0.25) is 0 Å². The van der Waals surface area contributed by atoms with Crippen LogP contribution in [0, 0.1) is 0 Å². The second-order valence-electron chi connectivity index (χ2n) is 8.39. The average Bonchev–Trinajstić information content (AvgIpc) is 3.18. The maximum atomic E-state index is 3.68. The lowest BCUT2D eigenvalue weighted by molar-refractivity contribution is 0.664. The molecule has 0 spiro atoms. The second-order valence-corrected chi connectivity index (χ2v) is 9.30. The van der Waals surface area contributed by atoms with Crippen LogP contribution >= 0.6 is 15.9 Å². The third kappa shape index (κ3) is 2.21. The molecule has 2 heteroatoms. The summed E-state index contributed by atoms with van der Waals surface area (Å²) >= 11 is 3.68. The number of halogens is 1. The van der Waals surface area contributed by atoms with Gasteiger partial charge in [-0.3, -0.25) is 0 Å². The second kappa shape index (κ2) is 5.84. The molecule has 1 heterocycles. The molecule has 5 aromatic rings. The van der Waals surface area contributed by atoms with Crippen LogP contribution in [0.1, 0.15) is 25.0 Å². The SMILES string of the molecule is CC1(C)c2ccc(Br)cc2-c2ccc3c4ccccc4n(-c4ccccc4)c3c21. The van der Waals surface area contributed by atoms with E-state index in [-0.39, 0.29) is 5.41 Å². The lowest BCUT2D eigenvalue weighted by Crippen LogP contribution is -2.16. The van der Waals surface area contributed by atoms with Crippen LogP contribution in [-0.4, -0.2) is 4.57 Å². The molecular weight excluding hydrogens is 418 g/mol. The summed E-state index contributed by atoms with van der Waals surface area (Å²) in [4.78, 5) is 0. The third-order valence-electron chi connectivity index (χ3n) is 6.42. The van der Waals surface area contributed by atoms with Crippen molar-refractivity contribution < 1.29 is 0 Å². The molecule has 0 atom stereocenters. The highest BCUT2D eigenvalue weighted by Crippen LogP contribution is 2.53. The van der Waals surface area contributed by atoms with E-state index in [1.54, 1.807) is 0 Å². The Labute approximate surface area is 178 Å². The average molecular weight is 438 g/mol. The molecule has 0 aliphatic heterocycles. The molecule has 140 valence electrons. The van der Waals surface area contributed by atoms with E-state index in [0.717, 1.165) is 4.47 Å². The van der Waals surface area contributed by atoms with Gasteiger partial charge in [0.15, 0.2) is 0 Å². The van der Waals surface area contributed by atoms with Crippen LogP contribution in [0.25, 0.3) is 38.6 Å². The third-order valence-corrected chi connectivity index (χ3v) is 6.91. The maximum absolute atomic E-state index is 3.68. The molecule has 6 rings (SSSR count). The summed E-state index contributed by atoms with van der Waals surface area (Å²) in [6.07, 6.45) is 0. The molecule has 1 aliphatic carbocycles. The number of benzene rings is 4. The van der Waals surface area contributed by atoms with Crippen molar-refractivity contribution in [3.05, 3.63) is 101 Å². The Morgan fingerprint density at radius 2 is 1.48 bits per heavy atom. The van der Waals surface area contributed by atoms with Crippen LogP contribution in [0.5, 0.6) is 0 Å². The molecule has 0 unspecified atom stereocenters. The molecule has 29 heavy (non-hydrogen) atoms. The van der Waals surface area contributed by atoms with E-state index < -0.39 is 0 Å². The Hall–Kier alpha value is -2.84. The van der Waals surface area contributed by atoms with Crippen LogP contribution in [-0.2, 0) is 5.41 Å². The predicted octanol–water partition coefficient (Wildman–Crippen LogP) is 7.85. The van der Waals surface area contributed by atoms with Gasteiger partial charge in [0.2, 0.25) is 0 Å². The van der Waals surface area contributed by atoms with Crippen molar-refractivity contribution in [2.24, 2.45) is 0 Å². The maximum Gasteiger partial charge on any atom is 0.0588 e. The Balaban J connectivity index is 1.85. The van der Waals surface area contributed by atoms with Gasteiger partial charge in [0, 0.05) is 26.3 Å². The van der Waals surface area contributed by atoms with Gasteiger partial charge in [-0.1, -0.05) is 84.4 Å². The molecule has 0 bridgehead atoms. The minimum Gasteiger partial charge on any atom is -0.309 e. The van der Waals surface area contributed by atoms with E-state index in [1.807, 2.05) is 0 Å². The van der Waals surface area contributed by atoms with Crippen LogP contribution in [0.4, 0.5) is 0 Å². The van der Waals surface area contributed by atoms with Gasteiger partial charge in [-0.15, -0.1) is 0 Å². The summed E-state index contributed by atoms with van der Waals surface area (Å²) in [6, 6.07) is 30.8. The van der Waals surface area contributed by atoms with Gasteiger partial charge in [0.05, 0.1) is 11.0 Å². The van der Waals surface area contributed by atoms with Crippen molar-refractivity contribution in [2.45, 2.75) is 19.3 Å². The first kappa shape index (κ1) is 17.1. The molecule has 4 aromatic carbocycles. The van der Waals surface area contributed by atoms with Crippen LogP contribution in [0.15, 0.2) is 89.4 Å². The molecule has 1 aliphatic rings. The van der Waals surface area contributed by atoms with E-state index in [1.165, 1.54) is 49.7 Å². The van der Waals surface area contributed by atoms with Crippen molar-refractivity contribution in [1.29, 1.82) is 0 Å². The standard InChI is InChI=1S/C27H20BrN/c1-27(2)23-15-12-17(28)16-22(23)20-13-14-21-19-10-6-7-11-24(19)29(26(21)25(20)27)18-8-4-3-5-9-18/h3-16H,1-2H3. The Bertz CT molecular complexity index is 1420. The highest BCUT2D eigenvalue weighted by Gasteiger charge is 2.38. The molecule has 1 nitrogen and oxygen atoms in total. The zero-order valence-corrected chi connectivity index (χ0v) is 18.0. The van der Waals surface area contributed by atoms with Gasteiger partial charge < -0.3 is 4.57 Å². The number of aromatic nitrogens is 1. The van der Waals surface area contributed by atoms with Crippen LogP contribution in [0.3, 0.4) is 0 Å². The molecule has 0 amide bonds. The highest BCUT2D eigenvalue weighted by atomic mass is 79.9. The van der Waals surface area contributed by atoms with Crippen molar-refractivity contribution in [3.8, 4) is 16.8 Å². The first-order valence-corrected chi connectivity index (χ1v) is 10.8. The minimum absolute atomic E-state index is 0.0637. The Morgan fingerprint density at radius 1 is 0.724 bits per heavy atom. The highest BCUT2D eigenvalue weighted by molar-refractivity contribution is 9.10. The van der Waals surface area contributed by atoms with Gasteiger partial charge in [0.25, 0.3) is 0 Å². The number of hydrogen-bond acceptors (Lipinski definition) is 0. The van der Waals surface area contributed by atoms with Gasteiger partial charge in [-0.2, -0.15) is 0 Å². The largest absolute Gasteiger partial charge is 0.309 e. The summed E-state index contributed by atoms with van der Waals surface area (Å²) < 4.78 is 3.58. The molecule has 0 radical (unpaired) electrons. The molecule has 0 saturated heterocycles. The lowest BCUT2D eigenvalue weighted by atomic mass is 9.81. The van der Waals surface area contributed by atoms with Gasteiger partial charge >= 0.3 is 0 Å². The number of hydrogen-bond donors (Lipinski definition) is 0. The van der Waals surface area contributed by atoms with E-state index in [0.29, 0.717) is 0 Å². The first-order chi connectivity index (χ1) is 14.1. The Kier molecular flexibility index (Phi) is 3.43. The quantitative estimate of drug-likeness (QED) is 0.251. The van der Waals surface area contributed by atoms with Gasteiger partial charge in [-0.25, -0.2) is 0 Å². The van der Waals surface area contributed by atoms with E-state index in [9.17, 15) is 0 Å². The topological polar surface area (TPSA) is 4.93 Å². The molecular formula is C27H20BrN. The van der Waals surface area contributed by atoms with Crippen molar-refractivity contribution in [1.82, 2.24) is 4.57 Å². The number of para-hydroxylation sites is 2. The molecule has 0 N–H and O–H groups in total. The Morgan fingerprint density at radius 3 is 2.31 bits per heavy atom. The monoisotopic (exact) mass is 437 g/mol. The fraction of sp³-hybridized carbons (Fsp3) is 0.111. The molecule has 0 fully saturated rings. The van der Waals surface area contributed by atoms with Gasteiger partial charge in [0.1, 0.15) is 0 Å². The first-order valence-electron chi connectivity index (χ1n) is 10.00. The minimum atomic E-state index is -0.0637. The van der Waals surface area contributed by atoms with E-state index >= 15 is 0 Å². The lowest BCUT2D eigenvalue weighted by Gasteiger charge is -2.23. The predicted molar refractivity (Wildman–Crippen MR) is 126 cm³/mol. The molecule has 1 aromatic heterocycles. The number of rotatable bonds is 1. The van der Waals surface area contributed by atoms with E-state index in [4.69, 9.17) is 0 Å². The summed E-state index contributed by atoms with van der Waals surface area (Å²) in [5.41, 5.74) is 9.23. The number of nitrogens with zero attached hydrogens (tertiary/aromatic N) is 1. The fourth-order valence-corrected chi connectivity index (χ4v) is 5.54. The summed E-state index contributed by atoms with van der Waals surface area (Å²) in [5.74, 6) is 0. The van der Waals surface area contributed by atoms with Crippen molar-refractivity contribution in [3.63, 3.8) is 0 Å². The van der Waals surface area contributed by atoms with E-state index in [2.05, 4.69) is 119 Å². The number of fused-ring (bicyclic) bond motifs is 7. The smallest absolute Gasteiger partial charge is 0.0588 e. The van der Waals surface area contributed by atoms with Crippen molar-refractivity contribution in [2.75, 3.05) is 0 Å². The summed E-state index contributed by atoms with van der Waals surface area (Å²) in [7, 11) is 0. The van der Waals surface area contributed by atoms with Crippen LogP contribution < -0.4 is 0 Å². The van der Waals surface area contributed by atoms with Crippen molar-refractivity contribution >= 4 is 37.7 Å². The molecule has 0 saturated carbocycles. The normalized spacial score (nSPS) is 14.3. The zero-order chi connectivity index (χ0) is 19.8. The summed E-state index contributed by atoms with van der Waals surface area (Å²) in [6.45, 7) is 4.72. The zero-order valence-electron chi connectivity index (χ0n) is 16.4. The summed E-state index contributed by atoms with van der Waals surface area (Å²) in [5, 5.41) is 2.63. The van der Waals surface area contributed by atoms with Gasteiger partial charge in [-0.05, 0) is 52.6 Å².